The lowest BCUT2D eigenvalue weighted by molar-refractivity contribution is 0.535. The minimum absolute atomic E-state index is 0. The summed E-state index contributed by atoms with van der Waals surface area (Å²) in [5, 5.41) is 3.49. The lowest BCUT2D eigenvalue weighted by atomic mass is 9.78. The van der Waals surface area contributed by atoms with Crippen molar-refractivity contribution in [1.29, 1.82) is 0 Å². The van der Waals surface area contributed by atoms with E-state index in [1.54, 1.807) is 5.57 Å². The molecule has 2 heteroatoms. The van der Waals surface area contributed by atoms with Crippen molar-refractivity contribution in [3.63, 3.8) is 0 Å². The van der Waals surface area contributed by atoms with Crippen LogP contribution in [0.2, 0.25) is 0 Å². The predicted octanol–water partition coefficient (Wildman–Crippen LogP) is 2.46. The fourth-order valence-corrected chi connectivity index (χ4v) is 2.77. The van der Waals surface area contributed by atoms with Crippen molar-refractivity contribution in [2.24, 2.45) is 11.8 Å². The van der Waals surface area contributed by atoms with Gasteiger partial charge in [-0.1, -0.05) is 29.9 Å². The van der Waals surface area contributed by atoms with Crippen LogP contribution in [0.4, 0.5) is 0 Å². The van der Waals surface area contributed by atoms with Gasteiger partial charge in [-0.3, -0.25) is 0 Å². The lowest BCUT2D eigenvalue weighted by Gasteiger charge is -2.27. The van der Waals surface area contributed by atoms with E-state index in [9.17, 15) is 0 Å². The Balaban J connectivity index is 0.000000750. The molecule has 1 aliphatic heterocycles. The molecule has 14 heavy (non-hydrogen) atoms. The molecule has 2 unspecified atom stereocenters. The molecule has 0 amide bonds. The molecule has 0 aromatic heterocycles. The number of hydrogen-bond acceptors (Lipinski definition) is 1. The lowest BCUT2D eigenvalue weighted by Crippen LogP contribution is -2.18. The molecule has 0 spiro atoms. The van der Waals surface area contributed by atoms with Crippen LogP contribution in [0.15, 0.2) is 35.5 Å². The van der Waals surface area contributed by atoms with Gasteiger partial charge in [0.1, 0.15) is 0 Å². The van der Waals surface area contributed by atoms with Gasteiger partial charge in [-0.05, 0) is 24.3 Å². The maximum Gasteiger partial charge on any atom is 0.00236 e. The van der Waals surface area contributed by atoms with E-state index in [-0.39, 0.29) is 12.4 Å². The number of allylic oxidation sites excluding steroid dienone is 4. The molecule has 1 N–H and O–H groups in total. The van der Waals surface area contributed by atoms with E-state index in [1.807, 2.05) is 0 Å². The first-order valence-corrected chi connectivity index (χ1v) is 5.23. The molecule has 3 aliphatic rings. The highest BCUT2D eigenvalue weighted by molar-refractivity contribution is 5.85. The summed E-state index contributed by atoms with van der Waals surface area (Å²) >= 11 is 0. The topological polar surface area (TPSA) is 12.0 Å². The minimum atomic E-state index is 0. The van der Waals surface area contributed by atoms with E-state index in [0.29, 0.717) is 0 Å². The summed E-state index contributed by atoms with van der Waals surface area (Å²) in [5.74, 6) is 1.59. The molecule has 0 radical (unpaired) electrons. The van der Waals surface area contributed by atoms with E-state index in [2.05, 4.69) is 29.6 Å². The Labute approximate surface area is 91.4 Å². The molecule has 0 bridgehead atoms. The van der Waals surface area contributed by atoms with Crippen LogP contribution in [-0.4, -0.2) is 13.1 Å². The second-order valence-electron chi connectivity index (χ2n) is 4.21. The van der Waals surface area contributed by atoms with Crippen molar-refractivity contribution in [3.05, 3.63) is 35.5 Å². The van der Waals surface area contributed by atoms with Crippen LogP contribution in [0.1, 0.15) is 12.8 Å². The van der Waals surface area contributed by atoms with Crippen molar-refractivity contribution in [2.45, 2.75) is 12.8 Å². The van der Waals surface area contributed by atoms with Gasteiger partial charge in [-0.25, -0.2) is 0 Å². The highest BCUT2D eigenvalue weighted by Gasteiger charge is 2.31. The number of rotatable bonds is 0. The monoisotopic (exact) mass is 209 g/mol. The SMILES string of the molecule is C1=CC2=C(CC1)C1CNCC1C=C2.Cl. The molecular weight excluding hydrogens is 194 g/mol. The molecule has 1 saturated heterocycles. The molecule has 1 fully saturated rings. The first-order valence-electron chi connectivity index (χ1n) is 5.23. The normalized spacial score (nSPS) is 33.7. The molecule has 0 saturated carbocycles. The summed E-state index contributed by atoms with van der Waals surface area (Å²) in [5.41, 5.74) is 3.20. The zero-order valence-electron chi connectivity index (χ0n) is 8.20. The third-order valence-corrected chi connectivity index (χ3v) is 3.48. The Morgan fingerprint density at radius 1 is 1.21 bits per heavy atom. The van der Waals surface area contributed by atoms with Crippen LogP contribution in [0.25, 0.3) is 0 Å². The summed E-state index contributed by atoms with van der Waals surface area (Å²) in [6.07, 6.45) is 11.8. The summed E-state index contributed by atoms with van der Waals surface area (Å²) in [7, 11) is 0. The molecule has 0 aromatic carbocycles. The molecule has 3 rings (SSSR count). The summed E-state index contributed by atoms with van der Waals surface area (Å²) in [6.45, 7) is 2.38. The Bertz CT molecular complexity index is 314. The van der Waals surface area contributed by atoms with E-state index in [1.165, 1.54) is 31.5 Å². The Morgan fingerprint density at radius 2 is 2.14 bits per heavy atom. The van der Waals surface area contributed by atoms with Crippen molar-refractivity contribution in [3.8, 4) is 0 Å². The van der Waals surface area contributed by atoms with Gasteiger partial charge in [0.15, 0.2) is 0 Å². The highest BCUT2D eigenvalue weighted by Crippen LogP contribution is 2.37. The van der Waals surface area contributed by atoms with Gasteiger partial charge in [0.2, 0.25) is 0 Å². The molecule has 0 aromatic rings. The van der Waals surface area contributed by atoms with Gasteiger partial charge in [-0.15, -0.1) is 12.4 Å². The number of nitrogens with one attached hydrogen (secondary N) is 1. The quantitative estimate of drug-likeness (QED) is 0.647. The van der Waals surface area contributed by atoms with Gasteiger partial charge in [0.25, 0.3) is 0 Å². The van der Waals surface area contributed by atoms with Gasteiger partial charge >= 0.3 is 0 Å². The second kappa shape index (κ2) is 3.92. The Hall–Kier alpha value is -0.530. The maximum absolute atomic E-state index is 3.49. The van der Waals surface area contributed by atoms with Crippen LogP contribution in [0.3, 0.4) is 0 Å². The molecule has 2 aliphatic carbocycles. The number of halogens is 1. The largest absolute Gasteiger partial charge is 0.316 e. The smallest absolute Gasteiger partial charge is 0.00236 e. The van der Waals surface area contributed by atoms with Crippen molar-refractivity contribution >= 4 is 12.4 Å². The second-order valence-corrected chi connectivity index (χ2v) is 4.21. The fourth-order valence-electron chi connectivity index (χ4n) is 2.77. The van der Waals surface area contributed by atoms with Gasteiger partial charge in [-0.2, -0.15) is 0 Å². The molecule has 2 atom stereocenters. The Kier molecular flexibility index (Phi) is 2.80. The molecular formula is C12H16ClN. The van der Waals surface area contributed by atoms with Crippen LogP contribution in [0, 0.1) is 11.8 Å². The van der Waals surface area contributed by atoms with Crippen LogP contribution in [-0.2, 0) is 0 Å². The zero-order chi connectivity index (χ0) is 8.67. The summed E-state index contributed by atoms with van der Waals surface area (Å²) < 4.78 is 0. The third-order valence-electron chi connectivity index (χ3n) is 3.48. The van der Waals surface area contributed by atoms with E-state index in [0.717, 1.165) is 11.8 Å². The van der Waals surface area contributed by atoms with Crippen molar-refractivity contribution < 1.29 is 0 Å². The minimum Gasteiger partial charge on any atom is -0.316 e. The zero-order valence-corrected chi connectivity index (χ0v) is 9.02. The third kappa shape index (κ3) is 1.45. The summed E-state index contributed by atoms with van der Waals surface area (Å²) in [6, 6.07) is 0. The Morgan fingerprint density at radius 3 is 3.07 bits per heavy atom. The average molecular weight is 210 g/mol. The maximum atomic E-state index is 3.49. The standard InChI is InChI=1S/C12H15N.ClH/c1-2-4-11-9(3-1)5-6-10-7-13-8-12(10)11;/h1,3,5-6,10,12-13H,2,4,7-8H2;1H. The van der Waals surface area contributed by atoms with Gasteiger partial charge in [0.05, 0.1) is 0 Å². The molecule has 1 heterocycles. The van der Waals surface area contributed by atoms with Crippen LogP contribution >= 0.6 is 12.4 Å². The van der Waals surface area contributed by atoms with Crippen LogP contribution in [0.5, 0.6) is 0 Å². The highest BCUT2D eigenvalue weighted by atomic mass is 35.5. The van der Waals surface area contributed by atoms with E-state index in [4.69, 9.17) is 0 Å². The number of hydrogen-bond donors (Lipinski definition) is 1. The van der Waals surface area contributed by atoms with Crippen molar-refractivity contribution in [1.82, 2.24) is 5.32 Å². The van der Waals surface area contributed by atoms with Gasteiger partial charge < -0.3 is 5.32 Å². The van der Waals surface area contributed by atoms with E-state index >= 15 is 0 Å². The summed E-state index contributed by atoms with van der Waals surface area (Å²) in [4.78, 5) is 0. The molecule has 1 nitrogen and oxygen atoms in total. The fraction of sp³-hybridized carbons (Fsp3) is 0.500. The van der Waals surface area contributed by atoms with Gasteiger partial charge in [0, 0.05) is 19.0 Å². The average Bonchev–Trinajstić information content (AvgIpc) is 2.65. The van der Waals surface area contributed by atoms with Crippen molar-refractivity contribution in [2.75, 3.05) is 13.1 Å². The van der Waals surface area contributed by atoms with Crippen LogP contribution < -0.4 is 5.32 Å². The van der Waals surface area contributed by atoms with E-state index < -0.39 is 0 Å². The first kappa shape index (κ1) is 10.0. The first-order chi connectivity index (χ1) is 6.45. The predicted molar refractivity (Wildman–Crippen MR) is 61.6 cm³/mol. The number of fused-ring (bicyclic) bond motifs is 2. The molecule has 76 valence electrons.